The summed E-state index contributed by atoms with van der Waals surface area (Å²) >= 11 is 0. The van der Waals surface area contributed by atoms with Crippen molar-refractivity contribution in [2.24, 2.45) is 5.92 Å². The van der Waals surface area contributed by atoms with Gasteiger partial charge in [-0.3, -0.25) is 0 Å². The summed E-state index contributed by atoms with van der Waals surface area (Å²) in [6.45, 7) is 9.30. The number of aliphatic hydroxyl groups is 2. The highest BCUT2D eigenvalue weighted by Gasteiger charge is 2.27. The maximum absolute atomic E-state index is 9.51. The highest BCUT2D eigenvalue weighted by Crippen LogP contribution is 2.29. The smallest absolute Gasteiger partial charge is 0.0937 e. The van der Waals surface area contributed by atoms with Crippen molar-refractivity contribution >= 4 is 0 Å². The second-order valence-electron chi connectivity index (χ2n) is 3.22. The monoisotopic (exact) mass is 166 g/mol. The highest BCUT2D eigenvalue weighted by molar-refractivity contribution is 5.30. The maximum atomic E-state index is 9.51. The topological polar surface area (TPSA) is 40.5 Å². The van der Waals surface area contributed by atoms with E-state index in [0.717, 1.165) is 5.57 Å². The molecule has 0 unspecified atom stereocenters. The number of hydrogen-bond acceptors (Lipinski definition) is 2. The summed E-state index contributed by atoms with van der Waals surface area (Å²) in [6, 6.07) is 0. The molecule has 0 heterocycles. The van der Waals surface area contributed by atoms with Gasteiger partial charge in [0, 0.05) is 5.92 Å². The Morgan fingerprint density at radius 2 is 2.00 bits per heavy atom. The van der Waals surface area contributed by atoms with Crippen LogP contribution in [0.3, 0.4) is 0 Å². The van der Waals surface area contributed by atoms with Crippen molar-refractivity contribution in [2.45, 2.75) is 19.1 Å². The van der Waals surface area contributed by atoms with Gasteiger partial charge in [0.1, 0.15) is 0 Å². The first-order valence-corrected chi connectivity index (χ1v) is 3.92. The normalized spacial score (nSPS) is 35.2. The van der Waals surface area contributed by atoms with Crippen LogP contribution in [0.4, 0.5) is 0 Å². The molecular weight excluding hydrogens is 152 g/mol. The summed E-state index contributed by atoms with van der Waals surface area (Å²) in [5.74, 6) is -0.204. The minimum Gasteiger partial charge on any atom is -0.388 e. The van der Waals surface area contributed by atoms with Crippen molar-refractivity contribution in [3.05, 3.63) is 36.5 Å². The van der Waals surface area contributed by atoms with E-state index in [2.05, 4.69) is 13.2 Å². The van der Waals surface area contributed by atoms with E-state index in [9.17, 15) is 10.2 Å². The van der Waals surface area contributed by atoms with Gasteiger partial charge in [-0.2, -0.15) is 0 Å². The lowest BCUT2D eigenvalue weighted by Gasteiger charge is -2.29. The van der Waals surface area contributed by atoms with Crippen LogP contribution in [0.25, 0.3) is 0 Å². The molecule has 12 heavy (non-hydrogen) atoms. The van der Waals surface area contributed by atoms with Crippen LogP contribution < -0.4 is 0 Å². The number of aliphatic hydroxyl groups excluding tert-OH is 2. The molecule has 0 aromatic rings. The standard InChI is InChI=1S/C10H14O2/c1-6(2)10-7(3)8(11)4-5-9(10)12/h4-5,8-12H,1,3H2,2H3/t8-,9-,10-/m0/s1. The Morgan fingerprint density at radius 1 is 1.42 bits per heavy atom. The molecule has 0 bridgehead atoms. The molecule has 0 saturated carbocycles. The third kappa shape index (κ3) is 1.49. The molecule has 1 rings (SSSR count). The summed E-state index contributed by atoms with van der Waals surface area (Å²) in [6.07, 6.45) is 1.90. The molecule has 0 aromatic heterocycles. The largest absolute Gasteiger partial charge is 0.388 e. The molecule has 3 atom stereocenters. The van der Waals surface area contributed by atoms with Gasteiger partial charge in [-0.25, -0.2) is 0 Å². The predicted molar refractivity (Wildman–Crippen MR) is 48.6 cm³/mol. The van der Waals surface area contributed by atoms with E-state index in [-0.39, 0.29) is 5.92 Å². The molecule has 0 saturated heterocycles. The van der Waals surface area contributed by atoms with Crippen LogP contribution in [0.5, 0.6) is 0 Å². The molecule has 1 aliphatic rings. The summed E-state index contributed by atoms with van der Waals surface area (Å²) in [7, 11) is 0. The minimum atomic E-state index is -0.643. The van der Waals surface area contributed by atoms with Crippen LogP contribution in [-0.4, -0.2) is 22.4 Å². The van der Waals surface area contributed by atoms with Gasteiger partial charge in [0.25, 0.3) is 0 Å². The van der Waals surface area contributed by atoms with Gasteiger partial charge in [-0.15, -0.1) is 0 Å². The van der Waals surface area contributed by atoms with Crippen LogP contribution in [0.2, 0.25) is 0 Å². The van der Waals surface area contributed by atoms with E-state index in [1.54, 1.807) is 12.2 Å². The van der Waals surface area contributed by atoms with Crippen molar-refractivity contribution in [2.75, 3.05) is 0 Å². The Bertz CT molecular complexity index is 240. The first kappa shape index (κ1) is 9.23. The number of rotatable bonds is 1. The average molecular weight is 166 g/mol. The summed E-state index contributed by atoms with van der Waals surface area (Å²) in [5.41, 5.74) is 1.45. The molecule has 2 N–H and O–H groups in total. The molecule has 66 valence electrons. The molecule has 0 spiro atoms. The second-order valence-corrected chi connectivity index (χ2v) is 3.22. The van der Waals surface area contributed by atoms with Gasteiger partial charge in [-0.05, 0) is 12.5 Å². The zero-order valence-corrected chi connectivity index (χ0v) is 7.20. The fourth-order valence-corrected chi connectivity index (χ4v) is 1.47. The van der Waals surface area contributed by atoms with Crippen molar-refractivity contribution in [1.29, 1.82) is 0 Å². The molecule has 0 amide bonds. The first-order valence-electron chi connectivity index (χ1n) is 3.92. The zero-order valence-electron chi connectivity index (χ0n) is 7.20. The fourth-order valence-electron chi connectivity index (χ4n) is 1.47. The highest BCUT2D eigenvalue weighted by atomic mass is 16.3. The SMILES string of the molecule is C=C(C)[C@H]1C(=C)[C@@H](O)C=C[C@@H]1O. The lowest BCUT2D eigenvalue weighted by molar-refractivity contribution is 0.152. The first-order chi connectivity index (χ1) is 5.54. The van der Waals surface area contributed by atoms with E-state index in [0.29, 0.717) is 5.57 Å². The van der Waals surface area contributed by atoms with E-state index in [1.165, 1.54) is 0 Å². The van der Waals surface area contributed by atoms with E-state index >= 15 is 0 Å². The van der Waals surface area contributed by atoms with Crippen LogP contribution in [0, 0.1) is 5.92 Å². The lowest BCUT2D eigenvalue weighted by Crippen LogP contribution is -2.30. The molecule has 2 heteroatoms. The third-order valence-corrected chi connectivity index (χ3v) is 2.14. The molecular formula is C10H14O2. The molecule has 2 nitrogen and oxygen atoms in total. The summed E-state index contributed by atoms with van der Waals surface area (Å²) in [5, 5.41) is 18.9. The Hall–Kier alpha value is -0.860. The zero-order chi connectivity index (χ0) is 9.30. The van der Waals surface area contributed by atoms with E-state index < -0.39 is 12.2 Å². The minimum absolute atomic E-state index is 0.204. The maximum Gasteiger partial charge on any atom is 0.0937 e. The molecule has 1 aliphatic carbocycles. The van der Waals surface area contributed by atoms with Gasteiger partial charge in [-0.1, -0.05) is 30.9 Å². The van der Waals surface area contributed by atoms with Gasteiger partial charge in [0.05, 0.1) is 12.2 Å². The molecule has 0 fully saturated rings. The van der Waals surface area contributed by atoms with Crippen LogP contribution in [0.1, 0.15) is 6.92 Å². The molecule has 0 aliphatic heterocycles. The predicted octanol–water partition coefficient (Wildman–Crippen LogP) is 1.03. The fraction of sp³-hybridized carbons (Fsp3) is 0.400. The Kier molecular flexibility index (Phi) is 2.50. The van der Waals surface area contributed by atoms with Gasteiger partial charge < -0.3 is 10.2 Å². The lowest BCUT2D eigenvalue weighted by atomic mass is 9.81. The summed E-state index contributed by atoms with van der Waals surface area (Å²) < 4.78 is 0. The van der Waals surface area contributed by atoms with Crippen LogP contribution in [-0.2, 0) is 0 Å². The second kappa shape index (κ2) is 3.25. The molecule has 0 aromatic carbocycles. The third-order valence-electron chi connectivity index (χ3n) is 2.14. The Morgan fingerprint density at radius 3 is 2.42 bits per heavy atom. The van der Waals surface area contributed by atoms with Crippen molar-refractivity contribution in [1.82, 2.24) is 0 Å². The summed E-state index contributed by atoms with van der Waals surface area (Å²) in [4.78, 5) is 0. The number of hydrogen-bond donors (Lipinski definition) is 2. The molecule has 0 radical (unpaired) electrons. The van der Waals surface area contributed by atoms with Crippen LogP contribution in [0.15, 0.2) is 36.5 Å². The Balaban J connectivity index is 2.92. The van der Waals surface area contributed by atoms with Gasteiger partial charge in [0.15, 0.2) is 0 Å². The van der Waals surface area contributed by atoms with Crippen molar-refractivity contribution in [3.63, 3.8) is 0 Å². The van der Waals surface area contributed by atoms with Crippen LogP contribution >= 0.6 is 0 Å². The van der Waals surface area contributed by atoms with Gasteiger partial charge >= 0.3 is 0 Å². The van der Waals surface area contributed by atoms with Gasteiger partial charge in [0.2, 0.25) is 0 Å². The van der Waals surface area contributed by atoms with Crippen molar-refractivity contribution < 1.29 is 10.2 Å². The Labute approximate surface area is 72.5 Å². The van der Waals surface area contributed by atoms with E-state index in [1.807, 2.05) is 6.92 Å². The van der Waals surface area contributed by atoms with Crippen molar-refractivity contribution in [3.8, 4) is 0 Å². The van der Waals surface area contributed by atoms with E-state index in [4.69, 9.17) is 0 Å². The average Bonchev–Trinajstić information content (AvgIpc) is 1.97. The quantitative estimate of drug-likeness (QED) is 0.571.